The van der Waals surface area contributed by atoms with Crippen LogP contribution in [0.4, 0.5) is 5.82 Å². The van der Waals surface area contributed by atoms with Crippen LogP contribution in [0.25, 0.3) is 32.7 Å². The lowest BCUT2D eigenvalue weighted by atomic mass is 9.98. The van der Waals surface area contributed by atoms with Crippen LogP contribution in [-0.4, -0.2) is 39.8 Å². The molecule has 5 nitrogen and oxygen atoms in total. The smallest absolute Gasteiger partial charge is 0.164 e. The van der Waals surface area contributed by atoms with Crippen LogP contribution in [0.15, 0.2) is 60.2 Å². The van der Waals surface area contributed by atoms with E-state index < -0.39 is 0 Å². The number of benzene rings is 1. The van der Waals surface area contributed by atoms with Crippen molar-refractivity contribution >= 4 is 27.4 Å². The van der Waals surface area contributed by atoms with Crippen LogP contribution in [0.3, 0.4) is 0 Å². The minimum Gasteiger partial charge on any atom is -0.396 e. The second kappa shape index (κ2) is 7.89. The SMILES string of the molecule is OC[C@@H]1CCCN(c2nc(-c3cccnc3)nc3scc(-c4ccccc4)c23)C1. The molecule has 0 amide bonds. The Hall–Kier alpha value is -2.83. The highest BCUT2D eigenvalue weighted by atomic mass is 32.1. The van der Waals surface area contributed by atoms with Crippen molar-refractivity contribution in [1.29, 1.82) is 0 Å². The van der Waals surface area contributed by atoms with E-state index in [9.17, 15) is 5.11 Å². The van der Waals surface area contributed by atoms with E-state index in [1.807, 2.05) is 24.4 Å². The molecule has 1 N–H and O–H groups in total. The number of thiophene rings is 1. The average molecular weight is 403 g/mol. The van der Waals surface area contributed by atoms with Crippen LogP contribution in [0.1, 0.15) is 12.8 Å². The quantitative estimate of drug-likeness (QED) is 0.539. The van der Waals surface area contributed by atoms with Crippen molar-refractivity contribution in [2.75, 3.05) is 24.6 Å². The Morgan fingerprint density at radius 1 is 1.07 bits per heavy atom. The predicted octanol–water partition coefficient (Wildman–Crippen LogP) is 4.63. The van der Waals surface area contributed by atoms with Crippen LogP contribution >= 0.6 is 11.3 Å². The van der Waals surface area contributed by atoms with Gasteiger partial charge in [-0.2, -0.15) is 0 Å². The molecule has 4 heterocycles. The van der Waals surface area contributed by atoms with Crippen LogP contribution < -0.4 is 4.90 Å². The van der Waals surface area contributed by atoms with Crippen molar-refractivity contribution in [2.24, 2.45) is 5.92 Å². The van der Waals surface area contributed by atoms with E-state index in [1.165, 1.54) is 11.1 Å². The number of anilines is 1. The molecule has 1 aliphatic heterocycles. The molecule has 146 valence electrons. The molecule has 1 aliphatic rings. The number of nitrogens with zero attached hydrogens (tertiary/aromatic N) is 4. The second-order valence-electron chi connectivity index (χ2n) is 7.44. The fourth-order valence-electron chi connectivity index (χ4n) is 4.01. The van der Waals surface area contributed by atoms with Gasteiger partial charge in [-0.3, -0.25) is 4.98 Å². The summed E-state index contributed by atoms with van der Waals surface area (Å²) in [5.74, 6) is 1.95. The van der Waals surface area contributed by atoms with Crippen molar-refractivity contribution in [3.63, 3.8) is 0 Å². The van der Waals surface area contributed by atoms with Crippen molar-refractivity contribution in [3.8, 4) is 22.5 Å². The molecule has 1 aromatic carbocycles. The lowest BCUT2D eigenvalue weighted by Crippen LogP contribution is -2.37. The summed E-state index contributed by atoms with van der Waals surface area (Å²) in [5, 5.41) is 13.0. The molecule has 4 aromatic rings. The third kappa shape index (κ3) is 3.50. The Labute approximate surface area is 173 Å². The average Bonchev–Trinajstić information content (AvgIpc) is 3.24. The first-order valence-electron chi connectivity index (χ1n) is 9.94. The predicted molar refractivity (Wildman–Crippen MR) is 118 cm³/mol. The zero-order chi connectivity index (χ0) is 19.6. The monoisotopic (exact) mass is 402 g/mol. The maximum absolute atomic E-state index is 9.73. The van der Waals surface area contributed by atoms with Crippen molar-refractivity contribution in [3.05, 3.63) is 60.2 Å². The van der Waals surface area contributed by atoms with E-state index in [0.29, 0.717) is 5.82 Å². The number of hydrogen-bond acceptors (Lipinski definition) is 6. The zero-order valence-electron chi connectivity index (χ0n) is 16.0. The third-order valence-corrected chi connectivity index (χ3v) is 6.37. The summed E-state index contributed by atoms with van der Waals surface area (Å²) in [6.45, 7) is 1.98. The summed E-state index contributed by atoms with van der Waals surface area (Å²) >= 11 is 1.65. The Balaban J connectivity index is 1.71. The first-order valence-corrected chi connectivity index (χ1v) is 10.8. The topological polar surface area (TPSA) is 62.1 Å². The highest BCUT2D eigenvalue weighted by Gasteiger charge is 2.25. The molecule has 6 heteroatoms. The minimum atomic E-state index is 0.218. The van der Waals surface area contributed by atoms with Crippen LogP contribution in [-0.2, 0) is 0 Å². The van der Waals surface area contributed by atoms with E-state index >= 15 is 0 Å². The maximum atomic E-state index is 9.73. The van der Waals surface area contributed by atoms with Crippen molar-refractivity contribution < 1.29 is 5.11 Å². The van der Waals surface area contributed by atoms with Gasteiger partial charge in [0.2, 0.25) is 0 Å². The van der Waals surface area contributed by atoms with Gasteiger partial charge in [-0.05, 0) is 36.5 Å². The van der Waals surface area contributed by atoms with Gasteiger partial charge in [-0.25, -0.2) is 9.97 Å². The Bertz CT molecular complexity index is 1110. The molecular weight excluding hydrogens is 380 g/mol. The lowest BCUT2D eigenvalue weighted by molar-refractivity contribution is 0.208. The molecule has 1 fully saturated rings. The lowest BCUT2D eigenvalue weighted by Gasteiger charge is -2.33. The normalized spacial score (nSPS) is 17.0. The number of hydrogen-bond donors (Lipinski definition) is 1. The number of aromatic nitrogens is 3. The molecule has 1 atom stereocenters. The van der Waals surface area contributed by atoms with E-state index in [1.54, 1.807) is 17.5 Å². The summed E-state index contributed by atoms with van der Waals surface area (Å²) in [6, 6.07) is 14.3. The van der Waals surface area contributed by atoms with Gasteiger partial charge in [0.05, 0.1) is 5.39 Å². The van der Waals surface area contributed by atoms with Crippen LogP contribution in [0.5, 0.6) is 0 Å². The molecular formula is C23H22N4OS. The molecule has 1 saturated heterocycles. The van der Waals surface area contributed by atoms with Gasteiger partial charge < -0.3 is 10.0 Å². The molecule has 29 heavy (non-hydrogen) atoms. The van der Waals surface area contributed by atoms with E-state index in [4.69, 9.17) is 9.97 Å². The standard InChI is InChI=1S/C23H22N4OS/c28-14-16-6-5-11-27(13-16)22-20-19(17-7-2-1-3-8-17)15-29-23(20)26-21(25-22)18-9-4-10-24-12-18/h1-4,7-10,12,15-16,28H,5-6,11,13-14H2/t16-/m1/s1. The number of aliphatic hydroxyl groups is 1. The van der Waals surface area contributed by atoms with Gasteiger partial charge in [0.25, 0.3) is 0 Å². The Morgan fingerprint density at radius 3 is 2.72 bits per heavy atom. The molecule has 3 aromatic heterocycles. The summed E-state index contributed by atoms with van der Waals surface area (Å²) in [5.41, 5.74) is 3.26. The number of pyridine rings is 1. The zero-order valence-corrected chi connectivity index (χ0v) is 16.8. The van der Waals surface area contributed by atoms with E-state index in [2.05, 4.69) is 39.5 Å². The molecule has 0 unspecified atom stereocenters. The molecule has 0 bridgehead atoms. The summed E-state index contributed by atoms with van der Waals surface area (Å²) in [4.78, 5) is 17.4. The Morgan fingerprint density at radius 2 is 1.93 bits per heavy atom. The molecule has 0 aliphatic carbocycles. The first kappa shape index (κ1) is 18.2. The van der Waals surface area contributed by atoms with Gasteiger partial charge in [0, 0.05) is 48.6 Å². The van der Waals surface area contributed by atoms with Gasteiger partial charge in [-0.15, -0.1) is 11.3 Å². The number of rotatable bonds is 4. The molecule has 0 saturated carbocycles. The summed E-state index contributed by atoms with van der Waals surface area (Å²) in [6.07, 6.45) is 5.69. The molecule has 0 radical (unpaired) electrons. The number of piperidine rings is 1. The summed E-state index contributed by atoms with van der Waals surface area (Å²) in [7, 11) is 0. The third-order valence-electron chi connectivity index (χ3n) is 5.50. The van der Waals surface area contributed by atoms with E-state index in [-0.39, 0.29) is 12.5 Å². The molecule has 5 rings (SSSR count). The fourth-order valence-corrected chi connectivity index (χ4v) is 4.95. The van der Waals surface area contributed by atoms with Crippen molar-refractivity contribution in [1.82, 2.24) is 15.0 Å². The number of aliphatic hydroxyl groups excluding tert-OH is 1. The van der Waals surface area contributed by atoms with Gasteiger partial charge in [0.1, 0.15) is 10.6 Å². The minimum absolute atomic E-state index is 0.218. The van der Waals surface area contributed by atoms with E-state index in [0.717, 1.165) is 47.5 Å². The Kier molecular flexibility index (Phi) is 4.96. The molecule has 0 spiro atoms. The van der Waals surface area contributed by atoms with Gasteiger partial charge >= 0.3 is 0 Å². The highest BCUT2D eigenvalue weighted by molar-refractivity contribution is 7.17. The van der Waals surface area contributed by atoms with Crippen LogP contribution in [0.2, 0.25) is 0 Å². The summed E-state index contributed by atoms with van der Waals surface area (Å²) < 4.78 is 0. The van der Waals surface area contributed by atoms with Gasteiger partial charge in [-0.1, -0.05) is 30.3 Å². The van der Waals surface area contributed by atoms with Crippen LogP contribution in [0, 0.1) is 5.92 Å². The van der Waals surface area contributed by atoms with Gasteiger partial charge in [0.15, 0.2) is 5.82 Å². The number of fused-ring (bicyclic) bond motifs is 1. The highest BCUT2D eigenvalue weighted by Crippen LogP contribution is 2.40. The van der Waals surface area contributed by atoms with Crippen molar-refractivity contribution in [2.45, 2.75) is 12.8 Å². The second-order valence-corrected chi connectivity index (χ2v) is 8.30. The first-order chi connectivity index (χ1) is 14.3. The maximum Gasteiger partial charge on any atom is 0.164 e. The largest absolute Gasteiger partial charge is 0.396 e. The fraction of sp³-hybridized carbons (Fsp3) is 0.261.